The van der Waals surface area contributed by atoms with Gasteiger partial charge in [-0.2, -0.15) is 0 Å². The third-order valence-electron chi connectivity index (χ3n) is 5.70. The molecule has 1 unspecified atom stereocenters. The number of fused-ring (bicyclic) bond motifs is 1. The van der Waals surface area contributed by atoms with E-state index in [2.05, 4.69) is 45.7 Å². The van der Waals surface area contributed by atoms with Crippen LogP contribution in [0.4, 0.5) is 0 Å². The van der Waals surface area contributed by atoms with Crippen molar-refractivity contribution in [3.63, 3.8) is 0 Å². The van der Waals surface area contributed by atoms with Crippen molar-refractivity contribution >= 4 is 5.91 Å². The van der Waals surface area contributed by atoms with Crippen molar-refractivity contribution in [3.05, 3.63) is 53.4 Å². The smallest absolute Gasteiger partial charge is 0.256 e. The third-order valence-corrected chi connectivity index (χ3v) is 5.70. The van der Waals surface area contributed by atoms with E-state index < -0.39 is 0 Å². The fourth-order valence-electron chi connectivity index (χ4n) is 4.40. The first-order chi connectivity index (χ1) is 12.2. The number of hydrogen-bond donors (Lipinski definition) is 1. The van der Waals surface area contributed by atoms with Crippen molar-refractivity contribution in [2.24, 2.45) is 11.8 Å². The Morgan fingerprint density at radius 2 is 2.04 bits per heavy atom. The van der Waals surface area contributed by atoms with Crippen LogP contribution in [0.25, 0.3) is 0 Å². The lowest BCUT2D eigenvalue weighted by molar-refractivity contribution is 0.0912. The van der Waals surface area contributed by atoms with Gasteiger partial charge >= 0.3 is 0 Å². The Hall–Kier alpha value is -2.14. The zero-order valence-electron chi connectivity index (χ0n) is 14.6. The molecule has 2 aromatic rings. The van der Waals surface area contributed by atoms with Crippen molar-refractivity contribution in [1.82, 2.24) is 15.4 Å². The van der Waals surface area contributed by atoms with Gasteiger partial charge in [0, 0.05) is 25.7 Å². The Morgan fingerprint density at radius 1 is 1.24 bits per heavy atom. The number of benzene rings is 1. The summed E-state index contributed by atoms with van der Waals surface area (Å²) in [5.41, 5.74) is 2.59. The van der Waals surface area contributed by atoms with Crippen molar-refractivity contribution in [2.45, 2.75) is 38.8 Å². The summed E-state index contributed by atoms with van der Waals surface area (Å²) >= 11 is 0. The summed E-state index contributed by atoms with van der Waals surface area (Å²) in [4.78, 5) is 14.9. The highest BCUT2D eigenvalue weighted by Crippen LogP contribution is 2.37. The molecule has 2 heterocycles. The van der Waals surface area contributed by atoms with E-state index in [1.165, 1.54) is 24.8 Å². The number of aromatic nitrogens is 1. The number of nitrogens with one attached hydrogen (secondary N) is 1. The van der Waals surface area contributed by atoms with Gasteiger partial charge < -0.3 is 9.84 Å². The van der Waals surface area contributed by atoms with E-state index in [0.29, 0.717) is 17.2 Å². The minimum atomic E-state index is -0.0543. The number of carbonyl (C=O) groups is 1. The van der Waals surface area contributed by atoms with Crippen molar-refractivity contribution < 1.29 is 9.32 Å². The normalized spacial score (nSPS) is 26.4. The molecule has 132 valence electrons. The fourth-order valence-corrected chi connectivity index (χ4v) is 4.40. The summed E-state index contributed by atoms with van der Waals surface area (Å²) < 4.78 is 4.88. The third kappa shape index (κ3) is 3.61. The van der Waals surface area contributed by atoms with Crippen LogP contribution in [0.15, 0.2) is 41.1 Å². The Balaban J connectivity index is 1.32. The molecule has 1 aromatic heterocycles. The Bertz CT molecular complexity index is 728. The molecule has 0 radical (unpaired) electrons. The monoisotopic (exact) mass is 339 g/mol. The minimum Gasteiger partial charge on any atom is -0.364 e. The number of carbonyl (C=O) groups excluding carboxylic acids is 1. The predicted octanol–water partition coefficient (Wildman–Crippen LogP) is 3.01. The van der Waals surface area contributed by atoms with Gasteiger partial charge in [-0.05, 0) is 43.6 Å². The second kappa shape index (κ2) is 7.00. The molecule has 4 rings (SSSR count). The Morgan fingerprint density at radius 3 is 2.80 bits per heavy atom. The zero-order valence-corrected chi connectivity index (χ0v) is 14.6. The van der Waals surface area contributed by atoms with E-state index in [4.69, 9.17) is 4.52 Å². The molecule has 5 heteroatoms. The molecular formula is C20H25N3O2. The van der Waals surface area contributed by atoms with Gasteiger partial charge in [0.2, 0.25) is 0 Å². The van der Waals surface area contributed by atoms with Crippen LogP contribution < -0.4 is 5.32 Å². The predicted molar refractivity (Wildman–Crippen MR) is 95.0 cm³/mol. The maximum Gasteiger partial charge on any atom is 0.256 e. The molecule has 1 saturated heterocycles. The van der Waals surface area contributed by atoms with E-state index in [1.54, 1.807) is 6.92 Å². The highest BCUT2D eigenvalue weighted by Gasteiger charge is 2.38. The van der Waals surface area contributed by atoms with E-state index in [0.717, 1.165) is 31.8 Å². The first kappa shape index (κ1) is 16.3. The van der Waals surface area contributed by atoms with Gasteiger partial charge in [-0.1, -0.05) is 35.5 Å². The van der Waals surface area contributed by atoms with Gasteiger partial charge in [0.1, 0.15) is 11.8 Å². The van der Waals surface area contributed by atoms with Crippen LogP contribution in [-0.4, -0.2) is 35.1 Å². The lowest BCUT2D eigenvalue weighted by atomic mass is 9.79. The molecule has 1 aliphatic carbocycles. The second-order valence-corrected chi connectivity index (χ2v) is 7.50. The van der Waals surface area contributed by atoms with Gasteiger partial charge in [0.05, 0.1) is 5.69 Å². The number of rotatable bonds is 4. The van der Waals surface area contributed by atoms with Gasteiger partial charge in [-0.15, -0.1) is 0 Å². The molecular weight excluding hydrogens is 314 g/mol. The molecule has 3 atom stereocenters. The number of nitrogens with zero attached hydrogens (tertiary/aromatic N) is 2. The van der Waals surface area contributed by atoms with Crippen LogP contribution in [0.3, 0.4) is 0 Å². The molecule has 2 fully saturated rings. The molecule has 1 saturated carbocycles. The standard InChI is InChI=1S/C20H25N3O2/c1-14-19(13-25-22-14)20(24)21-18-8-7-16-11-23(12-17(16)9-18)10-15-5-3-2-4-6-15/h2-6,13,16-18H,7-12H2,1H3,(H,21,24)/t16-,17+,18?/m0/s1. The summed E-state index contributed by atoms with van der Waals surface area (Å²) in [6.07, 6.45) is 4.78. The van der Waals surface area contributed by atoms with E-state index >= 15 is 0 Å². The van der Waals surface area contributed by atoms with Crippen LogP contribution >= 0.6 is 0 Å². The minimum absolute atomic E-state index is 0.0543. The summed E-state index contributed by atoms with van der Waals surface area (Å²) in [6.45, 7) is 5.15. The maximum absolute atomic E-state index is 12.4. The first-order valence-corrected chi connectivity index (χ1v) is 9.17. The van der Waals surface area contributed by atoms with Crippen LogP contribution in [0.2, 0.25) is 0 Å². The number of aryl methyl sites for hydroxylation is 1. The average molecular weight is 339 g/mol. The van der Waals surface area contributed by atoms with Crippen LogP contribution in [-0.2, 0) is 6.54 Å². The molecule has 5 nitrogen and oxygen atoms in total. The molecule has 0 bridgehead atoms. The Labute approximate surface area is 148 Å². The van der Waals surface area contributed by atoms with Crippen molar-refractivity contribution in [3.8, 4) is 0 Å². The lowest BCUT2D eigenvalue weighted by Gasteiger charge is -2.31. The summed E-state index contributed by atoms with van der Waals surface area (Å²) in [5, 5.41) is 6.97. The molecule has 2 aliphatic rings. The lowest BCUT2D eigenvalue weighted by Crippen LogP contribution is -2.40. The van der Waals surface area contributed by atoms with Gasteiger partial charge in [0.15, 0.2) is 0 Å². The summed E-state index contributed by atoms with van der Waals surface area (Å²) in [5.74, 6) is 1.40. The quantitative estimate of drug-likeness (QED) is 0.930. The first-order valence-electron chi connectivity index (χ1n) is 9.17. The molecule has 25 heavy (non-hydrogen) atoms. The average Bonchev–Trinajstić information content (AvgIpc) is 3.21. The molecule has 1 aromatic carbocycles. The van der Waals surface area contributed by atoms with Crippen molar-refractivity contribution in [2.75, 3.05) is 13.1 Å². The highest BCUT2D eigenvalue weighted by atomic mass is 16.5. The Kier molecular flexibility index (Phi) is 4.57. The number of amides is 1. The van der Waals surface area contributed by atoms with Gasteiger partial charge in [-0.3, -0.25) is 9.69 Å². The summed E-state index contributed by atoms with van der Waals surface area (Å²) in [6, 6.07) is 10.9. The number of hydrogen-bond acceptors (Lipinski definition) is 4. The highest BCUT2D eigenvalue weighted by molar-refractivity contribution is 5.94. The van der Waals surface area contributed by atoms with E-state index in [-0.39, 0.29) is 11.9 Å². The fraction of sp³-hybridized carbons (Fsp3) is 0.500. The van der Waals surface area contributed by atoms with Crippen LogP contribution in [0.1, 0.15) is 40.9 Å². The van der Waals surface area contributed by atoms with Crippen LogP contribution in [0, 0.1) is 18.8 Å². The van der Waals surface area contributed by atoms with E-state index in [1.807, 2.05) is 0 Å². The second-order valence-electron chi connectivity index (χ2n) is 7.50. The van der Waals surface area contributed by atoms with Gasteiger partial charge in [0.25, 0.3) is 5.91 Å². The largest absolute Gasteiger partial charge is 0.364 e. The van der Waals surface area contributed by atoms with Crippen molar-refractivity contribution in [1.29, 1.82) is 0 Å². The number of likely N-dealkylation sites (tertiary alicyclic amines) is 1. The topological polar surface area (TPSA) is 58.4 Å². The van der Waals surface area contributed by atoms with E-state index in [9.17, 15) is 4.79 Å². The summed E-state index contributed by atoms with van der Waals surface area (Å²) in [7, 11) is 0. The zero-order chi connectivity index (χ0) is 17.2. The van der Waals surface area contributed by atoms with Gasteiger partial charge in [-0.25, -0.2) is 0 Å². The van der Waals surface area contributed by atoms with Crippen LogP contribution in [0.5, 0.6) is 0 Å². The maximum atomic E-state index is 12.4. The molecule has 1 N–H and O–H groups in total. The molecule has 1 aliphatic heterocycles. The molecule has 1 amide bonds. The molecule has 0 spiro atoms. The SMILES string of the molecule is Cc1nocc1C(=O)NC1CC[C@H]2CN(Cc3ccccc3)C[C@H]2C1.